The van der Waals surface area contributed by atoms with Crippen molar-refractivity contribution in [1.82, 2.24) is 10.2 Å². The van der Waals surface area contributed by atoms with Crippen molar-refractivity contribution in [3.8, 4) is 0 Å². The molecule has 1 atom stereocenters. The molecular weight excluding hydrogens is 365 g/mol. The summed E-state index contributed by atoms with van der Waals surface area (Å²) in [6.07, 6.45) is -0.902. The van der Waals surface area contributed by atoms with Gasteiger partial charge in [-0.2, -0.15) is 0 Å². The van der Waals surface area contributed by atoms with Gasteiger partial charge in [0, 0.05) is 19.3 Å². The lowest BCUT2D eigenvalue weighted by Crippen LogP contribution is -2.49. The zero-order chi connectivity index (χ0) is 20.3. The van der Waals surface area contributed by atoms with E-state index in [4.69, 9.17) is 4.74 Å². The largest absolute Gasteiger partial charge is 0.444 e. The van der Waals surface area contributed by atoms with Crippen LogP contribution in [0.25, 0.3) is 0 Å². The van der Waals surface area contributed by atoms with E-state index in [-0.39, 0.29) is 19.0 Å². The summed E-state index contributed by atoms with van der Waals surface area (Å²) in [5.41, 5.74) is 1.61. The van der Waals surface area contributed by atoms with Gasteiger partial charge in [0.2, 0.25) is 0 Å². The molecule has 3 rings (SSSR count). The highest BCUT2D eigenvalue weighted by molar-refractivity contribution is 6.05. The lowest BCUT2D eigenvalue weighted by atomic mass is 10.1. The third-order valence-electron chi connectivity index (χ3n) is 4.52. The first kappa shape index (κ1) is 19.3. The Labute approximate surface area is 161 Å². The van der Waals surface area contributed by atoms with Crippen molar-refractivity contribution in [2.45, 2.75) is 19.6 Å². The van der Waals surface area contributed by atoms with E-state index in [1.165, 1.54) is 30.1 Å². The number of imide groups is 1. The number of aryl methyl sites for hydroxylation is 1. The summed E-state index contributed by atoms with van der Waals surface area (Å²) in [6, 6.07) is 11.5. The Morgan fingerprint density at radius 3 is 2.64 bits per heavy atom. The Hall–Kier alpha value is -3.42. The number of likely N-dealkylation sites (N-methyl/N-ethyl adjacent to an activating group) is 1. The van der Waals surface area contributed by atoms with E-state index in [0.29, 0.717) is 11.3 Å². The Kier molecular flexibility index (Phi) is 5.58. The highest BCUT2D eigenvalue weighted by atomic mass is 19.1. The van der Waals surface area contributed by atoms with E-state index >= 15 is 0 Å². The summed E-state index contributed by atoms with van der Waals surface area (Å²) in [6.45, 7) is 1.55. The smallest absolute Gasteiger partial charge is 0.419 e. The summed E-state index contributed by atoms with van der Waals surface area (Å²) in [5, 5.41) is 2.49. The van der Waals surface area contributed by atoms with Crippen LogP contribution < -0.4 is 10.2 Å². The number of rotatable bonds is 4. The van der Waals surface area contributed by atoms with E-state index in [1.54, 1.807) is 31.2 Å². The second-order valence-corrected chi connectivity index (χ2v) is 6.44. The number of amides is 4. The normalized spacial score (nSPS) is 15.9. The van der Waals surface area contributed by atoms with Gasteiger partial charge >= 0.3 is 12.1 Å². The predicted octanol–water partition coefficient (Wildman–Crippen LogP) is 2.83. The Bertz CT molecular complexity index is 904. The van der Waals surface area contributed by atoms with Gasteiger partial charge in [0.25, 0.3) is 5.91 Å². The second kappa shape index (κ2) is 8.08. The van der Waals surface area contributed by atoms with E-state index in [0.717, 1.165) is 10.5 Å². The molecule has 1 aliphatic rings. The number of urea groups is 1. The molecule has 1 N–H and O–H groups in total. The van der Waals surface area contributed by atoms with Crippen LogP contribution in [-0.4, -0.2) is 42.6 Å². The summed E-state index contributed by atoms with van der Waals surface area (Å²) < 4.78 is 18.7. The van der Waals surface area contributed by atoms with Crippen LogP contribution in [0.4, 0.5) is 19.7 Å². The van der Waals surface area contributed by atoms with Crippen LogP contribution in [0.1, 0.15) is 11.1 Å². The number of ether oxygens (including phenoxy) is 1. The van der Waals surface area contributed by atoms with Crippen molar-refractivity contribution in [3.05, 3.63) is 65.5 Å². The maximum atomic E-state index is 13.5. The minimum atomic E-state index is -1.05. The monoisotopic (exact) mass is 385 g/mol. The molecule has 0 aliphatic carbocycles. The van der Waals surface area contributed by atoms with Crippen LogP contribution in [0.15, 0.2) is 48.5 Å². The fourth-order valence-corrected chi connectivity index (χ4v) is 2.89. The van der Waals surface area contributed by atoms with Crippen LogP contribution in [0.5, 0.6) is 0 Å². The minimum absolute atomic E-state index is 0.0165. The predicted molar refractivity (Wildman–Crippen MR) is 100 cm³/mol. The van der Waals surface area contributed by atoms with Gasteiger partial charge in [0.1, 0.15) is 18.5 Å². The van der Waals surface area contributed by atoms with E-state index in [2.05, 4.69) is 5.32 Å². The molecule has 1 saturated heterocycles. The van der Waals surface area contributed by atoms with Crippen molar-refractivity contribution in [2.75, 3.05) is 18.5 Å². The van der Waals surface area contributed by atoms with Gasteiger partial charge in [-0.15, -0.1) is 0 Å². The molecule has 0 saturated carbocycles. The van der Waals surface area contributed by atoms with Crippen molar-refractivity contribution in [1.29, 1.82) is 0 Å². The lowest BCUT2D eigenvalue weighted by Gasteiger charge is -2.25. The zero-order valence-corrected chi connectivity index (χ0v) is 15.5. The van der Waals surface area contributed by atoms with Gasteiger partial charge in [-0.3, -0.25) is 4.79 Å². The Morgan fingerprint density at radius 2 is 1.96 bits per heavy atom. The molecule has 0 bridgehead atoms. The average Bonchev–Trinajstić information content (AvgIpc) is 3.09. The molecule has 7 nitrogen and oxygen atoms in total. The molecule has 0 radical (unpaired) electrons. The summed E-state index contributed by atoms with van der Waals surface area (Å²) in [4.78, 5) is 39.4. The zero-order valence-electron chi connectivity index (χ0n) is 15.5. The third-order valence-corrected chi connectivity index (χ3v) is 4.52. The molecule has 1 fully saturated rings. The number of hydrogen-bond acceptors (Lipinski definition) is 4. The van der Waals surface area contributed by atoms with Crippen molar-refractivity contribution in [2.24, 2.45) is 0 Å². The number of benzene rings is 2. The molecule has 0 unspecified atom stereocenters. The number of nitrogens with zero attached hydrogens (tertiary/aromatic N) is 2. The van der Waals surface area contributed by atoms with Gasteiger partial charge in [-0.1, -0.05) is 30.3 Å². The van der Waals surface area contributed by atoms with Crippen LogP contribution >= 0.6 is 0 Å². The first-order valence-corrected chi connectivity index (χ1v) is 8.70. The molecule has 2 aromatic rings. The number of anilines is 1. The Morgan fingerprint density at radius 1 is 1.25 bits per heavy atom. The Balaban J connectivity index is 1.72. The first-order valence-electron chi connectivity index (χ1n) is 8.70. The maximum Gasteiger partial charge on any atom is 0.419 e. The summed E-state index contributed by atoms with van der Waals surface area (Å²) in [7, 11) is 1.51. The van der Waals surface area contributed by atoms with Crippen LogP contribution in [0.3, 0.4) is 0 Å². The molecule has 8 heteroatoms. The molecule has 1 aliphatic heterocycles. The third kappa shape index (κ3) is 3.95. The molecule has 0 aromatic heterocycles. The molecule has 146 valence electrons. The number of carbonyl (C=O) groups is 3. The number of halogens is 1. The van der Waals surface area contributed by atoms with Crippen molar-refractivity contribution >= 4 is 23.7 Å². The van der Waals surface area contributed by atoms with E-state index < -0.39 is 24.1 Å². The molecule has 1 heterocycles. The minimum Gasteiger partial charge on any atom is -0.444 e. The number of nitrogens with one attached hydrogen (secondary N) is 1. The molecule has 0 spiro atoms. The molecular formula is C20H20FN3O4. The fourth-order valence-electron chi connectivity index (χ4n) is 2.89. The van der Waals surface area contributed by atoms with E-state index in [1.807, 2.05) is 6.07 Å². The average molecular weight is 385 g/mol. The van der Waals surface area contributed by atoms with Gasteiger partial charge in [-0.25, -0.2) is 18.9 Å². The quantitative estimate of drug-likeness (QED) is 0.878. The van der Waals surface area contributed by atoms with Gasteiger partial charge < -0.3 is 15.0 Å². The van der Waals surface area contributed by atoms with Gasteiger partial charge in [-0.05, 0) is 36.2 Å². The molecule has 2 aromatic carbocycles. The van der Waals surface area contributed by atoms with Gasteiger partial charge in [0.05, 0.1) is 0 Å². The van der Waals surface area contributed by atoms with Crippen LogP contribution in [0.2, 0.25) is 0 Å². The van der Waals surface area contributed by atoms with E-state index in [9.17, 15) is 18.8 Å². The summed E-state index contributed by atoms with van der Waals surface area (Å²) >= 11 is 0. The number of hydrogen-bond donors (Lipinski definition) is 1. The van der Waals surface area contributed by atoms with Crippen molar-refractivity contribution in [3.63, 3.8) is 0 Å². The molecule has 4 amide bonds. The fraction of sp³-hybridized carbons (Fsp3) is 0.250. The lowest BCUT2D eigenvalue weighted by molar-refractivity contribution is -0.121. The summed E-state index contributed by atoms with van der Waals surface area (Å²) in [5.74, 6) is -0.866. The molecule has 28 heavy (non-hydrogen) atoms. The SMILES string of the molecule is Cc1cc(N(C)C(=O)[C@@H]2CNC(=O)N2C(=O)OCc2ccccc2)ccc1F. The van der Waals surface area contributed by atoms with Gasteiger partial charge in [0.15, 0.2) is 0 Å². The topological polar surface area (TPSA) is 79.0 Å². The first-order chi connectivity index (χ1) is 13.4. The standard InChI is InChI=1S/C20H20FN3O4/c1-13-10-15(8-9-16(13)21)23(2)18(25)17-11-22-19(26)24(17)20(27)28-12-14-6-4-3-5-7-14/h3-10,17H,11-12H2,1-2H3,(H,22,26)/t17-/m0/s1. The highest BCUT2D eigenvalue weighted by Crippen LogP contribution is 2.20. The highest BCUT2D eigenvalue weighted by Gasteiger charge is 2.42. The van der Waals surface area contributed by atoms with Crippen LogP contribution in [0, 0.1) is 12.7 Å². The maximum absolute atomic E-state index is 13.5. The van der Waals surface area contributed by atoms with Crippen molar-refractivity contribution < 1.29 is 23.5 Å². The number of carbonyl (C=O) groups excluding carboxylic acids is 3. The second-order valence-electron chi connectivity index (χ2n) is 6.44. The van der Waals surface area contributed by atoms with Crippen LogP contribution in [-0.2, 0) is 16.1 Å².